The molecule has 106 valence electrons. The largest absolute Gasteiger partial charge is 0.307 e. The van der Waals surface area contributed by atoms with Gasteiger partial charge in [-0.15, -0.1) is 0 Å². The van der Waals surface area contributed by atoms with Gasteiger partial charge in [0.05, 0.1) is 0 Å². The molecule has 1 aliphatic rings. The standard InChI is InChI=1S/C18H29N/c1-5-15-8-10-16(11-9-15)14(2)19-17-7-6-12-18(3,4)13-17/h8-11,14,17,19H,5-7,12-13H2,1-4H3. The van der Waals surface area contributed by atoms with Crippen molar-refractivity contribution in [3.05, 3.63) is 35.4 Å². The van der Waals surface area contributed by atoms with Crippen LogP contribution in [0.5, 0.6) is 0 Å². The van der Waals surface area contributed by atoms with Crippen LogP contribution in [0, 0.1) is 5.41 Å². The predicted octanol–water partition coefficient (Wildman–Crippen LogP) is 4.87. The van der Waals surface area contributed by atoms with Crippen molar-refractivity contribution >= 4 is 0 Å². The monoisotopic (exact) mass is 259 g/mol. The van der Waals surface area contributed by atoms with E-state index < -0.39 is 0 Å². The Hall–Kier alpha value is -0.820. The summed E-state index contributed by atoms with van der Waals surface area (Å²) in [5.74, 6) is 0. The zero-order valence-corrected chi connectivity index (χ0v) is 13.0. The van der Waals surface area contributed by atoms with E-state index in [-0.39, 0.29) is 0 Å². The molecular formula is C18H29N. The van der Waals surface area contributed by atoms with E-state index in [2.05, 4.69) is 57.3 Å². The first kappa shape index (κ1) is 14.6. The zero-order valence-electron chi connectivity index (χ0n) is 13.0. The average Bonchev–Trinajstić information content (AvgIpc) is 2.37. The number of hydrogen-bond donors (Lipinski definition) is 1. The summed E-state index contributed by atoms with van der Waals surface area (Å²) in [6, 6.07) is 10.2. The molecular weight excluding hydrogens is 230 g/mol. The average molecular weight is 259 g/mol. The molecule has 1 aromatic rings. The van der Waals surface area contributed by atoms with E-state index in [9.17, 15) is 0 Å². The topological polar surface area (TPSA) is 12.0 Å². The summed E-state index contributed by atoms with van der Waals surface area (Å²) in [6.45, 7) is 9.31. The second-order valence-electron chi connectivity index (χ2n) is 6.94. The first-order chi connectivity index (χ1) is 9.00. The summed E-state index contributed by atoms with van der Waals surface area (Å²) in [4.78, 5) is 0. The van der Waals surface area contributed by atoms with Gasteiger partial charge in [-0.05, 0) is 49.1 Å². The third-order valence-electron chi connectivity index (χ3n) is 4.58. The molecule has 0 aromatic heterocycles. The van der Waals surface area contributed by atoms with Crippen LogP contribution in [0.4, 0.5) is 0 Å². The van der Waals surface area contributed by atoms with E-state index >= 15 is 0 Å². The van der Waals surface area contributed by atoms with Crippen LogP contribution in [0.25, 0.3) is 0 Å². The van der Waals surface area contributed by atoms with Crippen LogP contribution < -0.4 is 5.32 Å². The lowest BCUT2D eigenvalue weighted by Crippen LogP contribution is -2.38. The smallest absolute Gasteiger partial charge is 0.0294 e. The summed E-state index contributed by atoms with van der Waals surface area (Å²) >= 11 is 0. The van der Waals surface area contributed by atoms with Crippen LogP contribution in [0.3, 0.4) is 0 Å². The van der Waals surface area contributed by atoms with Gasteiger partial charge in [-0.2, -0.15) is 0 Å². The van der Waals surface area contributed by atoms with Gasteiger partial charge in [0.25, 0.3) is 0 Å². The summed E-state index contributed by atoms with van der Waals surface area (Å²) in [5, 5.41) is 3.83. The normalized spacial score (nSPS) is 24.1. The molecule has 0 aliphatic heterocycles. The Bertz CT molecular complexity index is 391. The number of benzene rings is 1. The van der Waals surface area contributed by atoms with E-state index in [0.29, 0.717) is 17.5 Å². The SMILES string of the molecule is CCc1ccc(C(C)NC2CCCC(C)(C)C2)cc1. The van der Waals surface area contributed by atoms with E-state index in [0.717, 1.165) is 6.42 Å². The first-order valence-corrected chi connectivity index (χ1v) is 7.85. The molecule has 2 rings (SSSR count). The maximum absolute atomic E-state index is 3.83. The maximum Gasteiger partial charge on any atom is 0.0294 e. The van der Waals surface area contributed by atoms with Gasteiger partial charge in [0.15, 0.2) is 0 Å². The Kier molecular flexibility index (Phi) is 4.67. The van der Waals surface area contributed by atoms with Gasteiger partial charge in [0, 0.05) is 12.1 Å². The van der Waals surface area contributed by atoms with Gasteiger partial charge in [0.1, 0.15) is 0 Å². The van der Waals surface area contributed by atoms with Crippen molar-refractivity contribution in [2.75, 3.05) is 0 Å². The molecule has 1 aliphatic carbocycles. The number of rotatable bonds is 4. The Morgan fingerprint density at radius 2 is 1.95 bits per heavy atom. The third-order valence-corrected chi connectivity index (χ3v) is 4.58. The molecule has 1 N–H and O–H groups in total. The minimum absolute atomic E-state index is 0.463. The zero-order chi connectivity index (χ0) is 13.9. The van der Waals surface area contributed by atoms with Gasteiger partial charge in [-0.25, -0.2) is 0 Å². The molecule has 0 bridgehead atoms. The number of hydrogen-bond acceptors (Lipinski definition) is 1. The van der Waals surface area contributed by atoms with E-state index in [1.165, 1.54) is 36.8 Å². The molecule has 0 amide bonds. The minimum atomic E-state index is 0.463. The molecule has 0 spiro atoms. The first-order valence-electron chi connectivity index (χ1n) is 7.85. The van der Waals surface area contributed by atoms with Gasteiger partial charge < -0.3 is 5.32 Å². The van der Waals surface area contributed by atoms with Crippen LogP contribution >= 0.6 is 0 Å². The summed E-state index contributed by atoms with van der Waals surface area (Å²) in [6.07, 6.45) is 6.51. The molecule has 1 nitrogen and oxygen atoms in total. The van der Waals surface area contributed by atoms with Crippen LogP contribution in [0.15, 0.2) is 24.3 Å². The number of aryl methyl sites for hydroxylation is 1. The second kappa shape index (κ2) is 6.09. The highest BCUT2D eigenvalue weighted by Crippen LogP contribution is 2.35. The van der Waals surface area contributed by atoms with Crippen molar-refractivity contribution in [2.45, 2.75) is 71.9 Å². The minimum Gasteiger partial charge on any atom is -0.307 e. The Labute approximate surface area is 118 Å². The molecule has 19 heavy (non-hydrogen) atoms. The highest BCUT2D eigenvalue weighted by molar-refractivity contribution is 5.24. The quantitative estimate of drug-likeness (QED) is 0.813. The molecule has 0 heterocycles. The number of nitrogens with one attached hydrogen (secondary N) is 1. The van der Waals surface area contributed by atoms with Crippen molar-refractivity contribution in [1.82, 2.24) is 5.32 Å². The molecule has 1 aromatic carbocycles. The van der Waals surface area contributed by atoms with Crippen molar-refractivity contribution in [2.24, 2.45) is 5.41 Å². The Morgan fingerprint density at radius 1 is 1.26 bits per heavy atom. The van der Waals surface area contributed by atoms with Crippen molar-refractivity contribution in [3.8, 4) is 0 Å². The van der Waals surface area contributed by atoms with Gasteiger partial charge in [0.2, 0.25) is 0 Å². The maximum atomic E-state index is 3.83. The van der Waals surface area contributed by atoms with Gasteiger partial charge in [-0.3, -0.25) is 0 Å². The fourth-order valence-electron chi connectivity index (χ4n) is 3.33. The van der Waals surface area contributed by atoms with E-state index in [4.69, 9.17) is 0 Å². The molecule has 0 radical (unpaired) electrons. The van der Waals surface area contributed by atoms with Crippen LogP contribution in [-0.4, -0.2) is 6.04 Å². The highest BCUT2D eigenvalue weighted by Gasteiger charge is 2.28. The lowest BCUT2D eigenvalue weighted by Gasteiger charge is -2.37. The van der Waals surface area contributed by atoms with Crippen molar-refractivity contribution in [1.29, 1.82) is 0 Å². The van der Waals surface area contributed by atoms with Crippen LogP contribution in [0.1, 0.15) is 70.5 Å². The Balaban J connectivity index is 1.94. The van der Waals surface area contributed by atoms with E-state index in [1.54, 1.807) is 0 Å². The molecule has 1 fully saturated rings. The molecule has 1 heteroatoms. The van der Waals surface area contributed by atoms with Crippen LogP contribution in [0.2, 0.25) is 0 Å². The lowest BCUT2D eigenvalue weighted by atomic mass is 9.75. The predicted molar refractivity (Wildman–Crippen MR) is 83.4 cm³/mol. The molecule has 2 atom stereocenters. The second-order valence-corrected chi connectivity index (χ2v) is 6.94. The van der Waals surface area contributed by atoms with Crippen LogP contribution in [-0.2, 0) is 6.42 Å². The van der Waals surface area contributed by atoms with Crippen molar-refractivity contribution < 1.29 is 0 Å². The van der Waals surface area contributed by atoms with Gasteiger partial charge in [-0.1, -0.05) is 51.5 Å². The van der Waals surface area contributed by atoms with Crippen molar-refractivity contribution in [3.63, 3.8) is 0 Å². The summed E-state index contributed by atoms with van der Waals surface area (Å²) < 4.78 is 0. The van der Waals surface area contributed by atoms with Gasteiger partial charge >= 0.3 is 0 Å². The summed E-state index contributed by atoms with van der Waals surface area (Å²) in [5.41, 5.74) is 3.36. The molecule has 1 saturated carbocycles. The Morgan fingerprint density at radius 3 is 2.53 bits per heavy atom. The highest BCUT2D eigenvalue weighted by atomic mass is 14.9. The lowest BCUT2D eigenvalue weighted by molar-refractivity contribution is 0.191. The third kappa shape index (κ3) is 4.07. The fraction of sp³-hybridized carbons (Fsp3) is 0.667. The fourth-order valence-corrected chi connectivity index (χ4v) is 3.33. The van der Waals surface area contributed by atoms with E-state index in [1.807, 2.05) is 0 Å². The molecule has 2 unspecified atom stereocenters. The molecule has 0 saturated heterocycles. The summed E-state index contributed by atoms with van der Waals surface area (Å²) in [7, 11) is 0.